The van der Waals surface area contributed by atoms with E-state index >= 15 is 0 Å². The Morgan fingerprint density at radius 3 is 2.84 bits per heavy atom. The van der Waals surface area contributed by atoms with Crippen LogP contribution in [0.4, 0.5) is 11.4 Å². The average molecular weight is 262 g/mol. The zero-order valence-electron chi connectivity index (χ0n) is 10.8. The van der Waals surface area contributed by atoms with E-state index in [1.54, 1.807) is 30.1 Å². The number of nitrogen functional groups attached to an aromatic ring is 1. The Labute approximate surface area is 111 Å². The summed E-state index contributed by atoms with van der Waals surface area (Å²) in [6.07, 6.45) is 1.23. The van der Waals surface area contributed by atoms with Gasteiger partial charge in [0.15, 0.2) is 0 Å². The third kappa shape index (κ3) is 2.96. The van der Waals surface area contributed by atoms with E-state index in [2.05, 4.69) is 5.32 Å². The third-order valence-corrected chi connectivity index (χ3v) is 3.30. The highest BCUT2D eigenvalue weighted by Crippen LogP contribution is 2.22. The molecule has 1 aromatic carbocycles. The molecular formula is C13H18N4O2. The summed E-state index contributed by atoms with van der Waals surface area (Å²) in [5.74, 6) is -0.358. The Kier molecular flexibility index (Phi) is 3.59. The number of benzene rings is 1. The van der Waals surface area contributed by atoms with Gasteiger partial charge in [0.25, 0.3) is 5.91 Å². The summed E-state index contributed by atoms with van der Waals surface area (Å²) in [6, 6.07) is 5.04. The summed E-state index contributed by atoms with van der Waals surface area (Å²) < 4.78 is 0. The molecule has 102 valence electrons. The van der Waals surface area contributed by atoms with Crippen molar-refractivity contribution in [1.82, 2.24) is 4.90 Å². The standard InChI is InChI=1S/C13H18N4O2/c1-17-7-9(3-5-12(17)18)16-11-6-8(14)2-4-10(11)13(15)19/h2,4,6,9,16H,3,5,7,14H2,1H3,(H2,15,19). The summed E-state index contributed by atoms with van der Waals surface area (Å²) in [7, 11) is 1.77. The fraction of sp³-hybridized carbons (Fsp3) is 0.385. The molecule has 5 N–H and O–H groups in total. The SMILES string of the molecule is CN1CC(Nc2cc(N)ccc2C(N)=O)CCC1=O. The zero-order chi connectivity index (χ0) is 14.0. The molecule has 6 nitrogen and oxygen atoms in total. The van der Waals surface area contributed by atoms with Crippen LogP contribution in [0.2, 0.25) is 0 Å². The van der Waals surface area contributed by atoms with Crippen LogP contribution in [0.25, 0.3) is 0 Å². The maximum Gasteiger partial charge on any atom is 0.250 e. The van der Waals surface area contributed by atoms with Crippen LogP contribution in [0.15, 0.2) is 18.2 Å². The van der Waals surface area contributed by atoms with Gasteiger partial charge in [-0.3, -0.25) is 9.59 Å². The van der Waals surface area contributed by atoms with Crippen molar-refractivity contribution < 1.29 is 9.59 Å². The van der Waals surface area contributed by atoms with Gasteiger partial charge in [0.2, 0.25) is 5.91 Å². The number of nitrogens with zero attached hydrogens (tertiary/aromatic N) is 1. The molecule has 19 heavy (non-hydrogen) atoms. The highest BCUT2D eigenvalue weighted by Gasteiger charge is 2.23. The number of carbonyl (C=O) groups is 2. The molecule has 0 aliphatic carbocycles. The number of carbonyl (C=O) groups excluding carboxylic acids is 2. The largest absolute Gasteiger partial charge is 0.399 e. The van der Waals surface area contributed by atoms with E-state index < -0.39 is 5.91 Å². The first kappa shape index (κ1) is 13.2. The van der Waals surface area contributed by atoms with Gasteiger partial charge in [-0.1, -0.05) is 0 Å². The number of nitrogens with two attached hydrogens (primary N) is 2. The Bertz CT molecular complexity index is 515. The van der Waals surface area contributed by atoms with E-state index in [0.29, 0.717) is 29.9 Å². The van der Waals surface area contributed by atoms with Crippen molar-refractivity contribution in [2.75, 3.05) is 24.6 Å². The molecule has 0 radical (unpaired) electrons. The molecule has 6 heteroatoms. The molecule has 1 saturated heterocycles. The van der Waals surface area contributed by atoms with Crippen molar-refractivity contribution in [1.29, 1.82) is 0 Å². The first-order chi connectivity index (χ1) is 8.97. The van der Waals surface area contributed by atoms with Crippen LogP contribution in [-0.2, 0) is 4.79 Å². The molecule has 2 amide bonds. The number of likely N-dealkylation sites (N-methyl/N-ethyl adjacent to an activating group) is 1. The molecule has 1 fully saturated rings. The van der Waals surface area contributed by atoms with Crippen LogP contribution >= 0.6 is 0 Å². The first-order valence-electron chi connectivity index (χ1n) is 6.17. The lowest BCUT2D eigenvalue weighted by atomic mass is 10.0. The summed E-state index contributed by atoms with van der Waals surface area (Å²) in [5, 5.41) is 3.25. The van der Waals surface area contributed by atoms with Gasteiger partial charge >= 0.3 is 0 Å². The van der Waals surface area contributed by atoms with Crippen molar-refractivity contribution in [2.24, 2.45) is 5.73 Å². The molecule has 1 unspecified atom stereocenters. The van der Waals surface area contributed by atoms with Crippen molar-refractivity contribution in [3.63, 3.8) is 0 Å². The lowest BCUT2D eigenvalue weighted by Crippen LogP contribution is -2.43. The molecule has 0 spiro atoms. The van der Waals surface area contributed by atoms with Gasteiger partial charge in [-0.05, 0) is 24.6 Å². The number of hydrogen-bond acceptors (Lipinski definition) is 4. The average Bonchev–Trinajstić information content (AvgIpc) is 2.33. The molecule has 0 saturated carbocycles. The van der Waals surface area contributed by atoms with Gasteiger partial charge in [0.05, 0.1) is 5.56 Å². The van der Waals surface area contributed by atoms with Crippen molar-refractivity contribution in [2.45, 2.75) is 18.9 Å². The molecule has 1 aromatic rings. The number of amides is 2. The van der Waals surface area contributed by atoms with E-state index in [9.17, 15) is 9.59 Å². The second-order valence-electron chi connectivity index (χ2n) is 4.82. The first-order valence-corrected chi connectivity index (χ1v) is 6.17. The van der Waals surface area contributed by atoms with Gasteiger partial charge in [0, 0.05) is 37.4 Å². The number of piperidine rings is 1. The second-order valence-corrected chi connectivity index (χ2v) is 4.82. The summed E-state index contributed by atoms with van der Waals surface area (Å²) in [6.45, 7) is 0.603. The molecule has 0 aromatic heterocycles. The van der Waals surface area contributed by atoms with Crippen LogP contribution in [0.1, 0.15) is 23.2 Å². The maximum absolute atomic E-state index is 11.4. The molecule has 0 bridgehead atoms. The zero-order valence-corrected chi connectivity index (χ0v) is 10.8. The molecule has 1 heterocycles. The Hall–Kier alpha value is -2.24. The number of nitrogens with one attached hydrogen (secondary N) is 1. The molecular weight excluding hydrogens is 244 g/mol. The van der Waals surface area contributed by atoms with Gasteiger partial charge in [-0.25, -0.2) is 0 Å². The number of primary amides is 1. The Balaban J connectivity index is 2.16. The van der Waals surface area contributed by atoms with E-state index in [0.717, 1.165) is 6.42 Å². The lowest BCUT2D eigenvalue weighted by molar-refractivity contribution is -0.132. The summed E-state index contributed by atoms with van der Waals surface area (Å²) in [5.41, 5.74) is 12.7. The number of likely N-dealkylation sites (tertiary alicyclic amines) is 1. The minimum atomic E-state index is -0.497. The second kappa shape index (κ2) is 5.17. The Morgan fingerprint density at radius 1 is 1.47 bits per heavy atom. The molecule has 2 rings (SSSR count). The highest BCUT2D eigenvalue weighted by molar-refractivity contribution is 5.99. The van der Waals surface area contributed by atoms with Crippen molar-refractivity contribution in [3.05, 3.63) is 23.8 Å². The lowest BCUT2D eigenvalue weighted by Gasteiger charge is -2.31. The van der Waals surface area contributed by atoms with Gasteiger partial charge in [-0.2, -0.15) is 0 Å². The Morgan fingerprint density at radius 2 is 2.21 bits per heavy atom. The predicted octanol–water partition coefficient (Wildman–Crippen LogP) is 0.400. The molecule has 1 aliphatic heterocycles. The monoisotopic (exact) mass is 262 g/mol. The van der Waals surface area contributed by atoms with Crippen LogP contribution in [-0.4, -0.2) is 36.3 Å². The quantitative estimate of drug-likeness (QED) is 0.686. The third-order valence-electron chi connectivity index (χ3n) is 3.30. The van der Waals surface area contributed by atoms with Crippen LogP contribution in [0, 0.1) is 0 Å². The number of anilines is 2. The van der Waals surface area contributed by atoms with Crippen molar-refractivity contribution >= 4 is 23.2 Å². The minimum Gasteiger partial charge on any atom is -0.399 e. The summed E-state index contributed by atoms with van der Waals surface area (Å²) >= 11 is 0. The van der Waals surface area contributed by atoms with E-state index in [1.807, 2.05) is 0 Å². The maximum atomic E-state index is 11.4. The molecule has 1 atom stereocenters. The van der Waals surface area contributed by atoms with Gasteiger partial charge in [-0.15, -0.1) is 0 Å². The van der Waals surface area contributed by atoms with Crippen LogP contribution in [0.3, 0.4) is 0 Å². The van der Waals surface area contributed by atoms with E-state index in [4.69, 9.17) is 11.5 Å². The smallest absolute Gasteiger partial charge is 0.250 e. The normalized spacial score (nSPS) is 19.3. The molecule has 1 aliphatic rings. The number of hydrogen-bond donors (Lipinski definition) is 3. The fourth-order valence-corrected chi connectivity index (χ4v) is 2.25. The number of rotatable bonds is 3. The topological polar surface area (TPSA) is 101 Å². The van der Waals surface area contributed by atoms with Gasteiger partial charge in [0.1, 0.15) is 0 Å². The van der Waals surface area contributed by atoms with E-state index in [-0.39, 0.29) is 11.9 Å². The van der Waals surface area contributed by atoms with Crippen molar-refractivity contribution in [3.8, 4) is 0 Å². The van der Waals surface area contributed by atoms with Gasteiger partial charge < -0.3 is 21.7 Å². The predicted molar refractivity (Wildman–Crippen MR) is 73.7 cm³/mol. The minimum absolute atomic E-state index is 0.0996. The highest BCUT2D eigenvalue weighted by atomic mass is 16.2. The van der Waals surface area contributed by atoms with Crippen LogP contribution < -0.4 is 16.8 Å². The summed E-state index contributed by atoms with van der Waals surface area (Å²) in [4.78, 5) is 24.5. The fourth-order valence-electron chi connectivity index (χ4n) is 2.25. The van der Waals surface area contributed by atoms with Crippen LogP contribution in [0.5, 0.6) is 0 Å². The van der Waals surface area contributed by atoms with E-state index in [1.165, 1.54) is 0 Å².